The number of para-hydroxylation sites is 1. The van der Waals surface area contributed by atoms with Crippen LogP contribution >= 0.6 is 0 Å². The van der Waals surface area contributed by atoms with Crippen molar-refractivity contribution in [3.8, 4) is 0 Å². The number of nitrogens with zero attached hydrogens (tertiary/aromatic N) is 1. The molecule has 0 aromatic heterocycles. The lowest BCUT2D eigenvalue weighted by Gasteiger charge is -2.19. The average Bonchev–Trinajstić information content (AvgIpc) is 3.10. The molecule has 0 amide bonds. The number of carbonyl (C=O) groups is 1. The fourth-order valence-corrected chi connectivity index (χ4v) is 2.91. The summed E-state index contributed by atoms with van der Waals surface area (Å²) in [4.78, 5) is 13.2. The highest BCUT2D eigenvalue weighted by molar-refractivity contribution is 5.67. The summed E-state index contributed by atoms with van der Waals surface area (Å²) < 4.78 is 0. The molecule has 1 aliphatic heterocycles. The molecule has 3 rings (SSSR count). The third-order valence-electron chi connectivity index (χ3n) is 4.04. The molecule has 1 unspecified atom stereocenters. The molecular formula is C15H19NO2. The fraction of sp³-hybridized carbons (Fsp3) is 0.533. The zero-order chi connectivity index (χ0) is 12.5. The van der Waals surface area contributed by atoms with Crippen LogP contribution in [0.3, 0.4) is 0 Å². The van der Waals surface area contributed by atoms with Crippen LogP contribution in [0.5, 0.6) is 0 Å². The fourth-order valence-electron chi connectivity index (χ4n) is 2.91. The lowest BCUT2D eigenvalue weighted by molar-refractivity contribution is -0.137. The standard InChI is InChI=1S/C15H19NO2/c17-15(18)8-7-12-10-16(9-11-5-6-11)14-4-2-1-3-13(12)14/h1-4,11-12H,5-10H2,(H,17,18). The predicted octanol–water partition coefficient (Wildman–Crippen LogP) is 2.87. The molecule has 1 atom stereocenters. The maximum atomic E-state index is 10.7. The predicted molar refractivity (Wildman–Crippen MR) is 71.0 cm³/mol. The summed E-state index contributed by atoms with van der Waals surface area (Å²) in [6, 6.07) is 8.48. The maximum Gasteiger partial charge on any atom is 0.303 e. The first-order valence-corrected chi connectivity index (χ1v) is 6.79. The van der Waals surface area contributed by atoms with Crippen molar-refractivity contribution in [3.05, 3.63) is 29.8 Å². The molecule has 3 nitrogen and oxygen atoms in total. The quantitative estimate of drug-likeness (QED) is 0.867. The van der Waals surface area contributed by atoms with Gasteiger partial charge in [-0.25, -0.2) is 0 Å². The summed E-state index contributed by atoms with van der Waals surface area (Å²) >= 11 is 0. The van der Waals surface area contributed by atoms with Crippen molar-refractivity contribution in [2.24, 2.45) is 5.92 Å². The van der Waals surface area contributed by atoms with E-state index in [-0.39, 0.29) is 6.42 Å². The van der Waals surface area contributed by atoms with Crippen LogP contribution in [0.1, 0.15) is 37.2 Å². The van der Waals surface area contributed by atoms with Gasteiger partial charge in [0.25, 0.3) is 0 Å². The van der Waals surface area contributed by atoms with E-state index in [2.05, 4.69) is 29.2 Å². The third kappa shape index (κ3) is 2.35. The second-order valence-electron chi connectivity index (χ2n) is 5.54. The highest BCUT2D eigenvalue weighted by atomic mass is 16.4. The monoisotopic (exact) mass is 245 g/mol. The van der Waals surface area contributed by atoms with Crippen LogP contribution in [0.15, 0.2) is 24.3 Å². The molecular weight excluding hydrogens is 226 g/mol. The van der Waals surface area contributed by atoms with Gasteiger partial charge >= 0.3 is 5.97 Å². The minimum atomic E-state index is -0.687. The third-order valence-corrected chi connectivity index (χ3v) is 4.04. The van der Waals surface area contributed by atoms with Gasteiger partial charge in [-0.15, -0.1) is 0 Å². The van der Waals surface area contributed by atoms with Crippen LogP contribution in [0.2, 0.25) is 0 Å². The number of carboxylic acid groups (broad SMARTS) is 1. The van der Waals surface area contributed by atoms with E-state index in [1.807, 2.05) is 0 Å². The molecule has 1 saturated carbocycles. The zero-order valence-electron chi connectivity index (χ0n) is 10.5. The van der Waals surface area contributed by atoms with Gasteiger partial charge in [-0.1, -0.05) is 18.2 Å². The minimum absolute atomic E-state index is 0.274. The van der Waals surface area contributed by atoms with Gasteiger partial charge in [0, 0.05) is 31.1 Å². The molecule has 0 bridgehead atoms. The second kappa shape index (κ2) is 4.63. The first kappa shape index (κ1) is 11.6. The van der Waals surface area contributed by atoms with Gasteiger partial charge in [-0.3, -0.25) is 4.79 Å². The molecule has 1 aromatic rings. The summed E-state index contributed by atoms with van der Waals surface area (Å²) in [5, 5.41) is 8.83. The van der Waals surface area contributed by atoms with Crippen molar-refractivity contribution in [1.29, 1.82) is 0 Å². The highest BCUT2D eigenvalue weighted by Crippen LogP contribution is 2.41. The molecule has 1 aliphatic carbocycles. The molecule has 0 radical (unpaired) electrons. The van der Waals surface area contributed by atoms with Gasteiger partial charge in [0.05, 0.1) is 0 Å². The van der Waals surface area contributed by atoms with E-state index in [4.69, 9.17) is 5.11 Å². The topological polar surface area (TPSA) is 40.5 Å². The molecule has 1 fully saturated rings. The van der Waals surface area contributed by atoms with Gasteiger partial charge in [0.15, 0.2) is 0 Å². The smallest absolute Gasteiger partial charge is 0.303 e. The highest BCUT2D eigenvalue weighted by Gasteiger charge is 2.32. The Morgan fingerprint density at radius 1 is 1.33 bits per heavy atom. The number of hydrogen-bond donors (Lipinski definition) is 1. The van der Waals surface area contributed by atoms with Crippen molar-refractivity contribution in [3.63, 3.8) is 0 Å². The Morgan fingerprint density at radius 2 is 2.11 bits per heavy atom. The average molecular weight is 245 g/mol. The number of aliphatic carboxylic acids is 1. The van der Waals surface area contributed by atoms with E-state index >= 15 is 0 Å². The van der Waals surface area contributed by atoms with Crippen LogP contribution in [-0.2, 0) is 4.79 Å². The summed E-state index contributed by atoms with van der Waals surface area (Å²) in [7, 11) is 0. The Hall–Kier alpha value is -1.51. The van der Waals surface area contributed by atoms with Gasteiger partial charge < -0.3 is 10.0 Å². The largest absolute Gasteiger partial charge is 0.481 e. The van der Waals surface area contributed by atoms with Gasteiger partial charge in [-0.2, -0.15) is 0 Å². The Balaban J connectivity index is 1.75. The van der Waals surface area contributed by atoms with Crippen LogP contribution in [0.25, 0.3) is 0 Å². The van der Waals surface area contributed by atoms with Crippen molar-refractivity contribution >= 4 is 11.7 Å². The van der Waals surface area contributed by atoms with Crippen molar-refractivity contribution < 1.29 is 9.90 Å². The van der Waals surface area contributed by atoms with Crippen molar-refractivity contribution in [2.45, 2.75) is 31.6 Å². The molecule has 3 heteroatoms. The van der Waals surface area contributed by atoms with Gasteiger partial charge in [0.2, 0.25) is 0 Å². The molecule has 2 aliphatic rings. The molecule has 1 aromatic carbocycles. The summed E-state index contributed by atoms with van der Waals surface area (Å²) in [6.45, 7) is 2.16. The second-order valence-corrected chi connectivity index (χ2v) is 5.54. The van der Waals surface area contributed by atoms with Gasteiger partial charge in [-0.05, 0) is 36.8 Å². The summed E-state index contributed by atoms with van der Waals surface area (Å²) in [5.74, 6) is 0.584. The molecule has 1 heterocycles. The van der Waals surface area contributed by atoms with E-state index in [0.29, 0.717) is 5.92 Å². The Bertz CT molecular complexity index is 454. The molecule has 96 valence electrons. The van der Waals surface area contributed by atoms with E-state index < -0.39 is 5.97 Å². The van der Waals surface area contributed by atoms with E-state index in [9.17, 15) is 4.79 Å². The molecule has 0 spiro atoms. The Labute approximate surface area is 107 Å². The molecule has 18 heavy (non-hydrogen) atoms. The van der Waals surface area contributed by atoms with Crippen molar-refractivity contribution in [2.75, 3.05) is 18.0 Å². The van der Waals surface area contributed by atoms with E-state index in [1.165, 1.54) is 24.1 Å². The van der Waals surface area contributed by atoms with Crippen LogP contribution in [0, 0.1) is 5.92 Å². The van der Waals surface area contributed by atoms with E-state index in [0.717, 1.165) is 25.4 Å². The normalized spacial score (nSPS) is 22.0. The first-order chi connectivity index (χ1) is 8.74. The Morgan fingerprint density at radius 3 is 2.83 bits per heavy atom. The maximum absolute atomic E-state index is 10.7. The lowest BCUT2D eigenvalue weighted by atomic mass is 9.96. The first-order valence-electron chi connectivity index (χ1n) is 6.79. The van der Waals surface area contributed by atoms with Crippen LogP contribution in [0.4, 0.5) is 5.69 Å². The number of fused-ring (bicyclic) bond motifs is 1. The molecule has 0 saturated heterocycles. The zero-order valence-corrected chi connectivity index (χ0v) is 10.5. The number of carboxylic acids is 1. The lowest BCUT2D eigenvalue weighted by Crippen LogP contribution is -2.24. The summed E-state index contributed by atoms with van der Waals surface area (Å²) in [5.41, 5.74) is 2.68. The van der Waals surface area contributed by atoms with Gasteiger partial charge in [0.1, 0.15) is 0 Å². The SMILES string of the molecule is O=C(O)CCC1CN(CC2CC2)c2ccccc21. The molecule has 1 N–H and O–H groups in total. The number of hydrogen-bond acceptors (Lipinski definition) is 2. The Kier molecular flexibility index (Phi) is 2.98. The van der Waals surface area contributed by atoms with Crippen LogP contribution < -0.4 is 4.90 Å². The number of benzene rings is 1. The van der Waals surface area contributed by atoms with E-state index in [1.54, 1.807) is 0 Å². The number of rotatable bonds is 5. The summed E-state index contributed by atoms with van der Waals surface area (Å²) in [6.07, 6.45) is 3.75. The minimum Gasteiger partial charge on any atom is -0.481 e. The van der Waals surface area contributed by atoms with Crippen molar-refractivity contribution in [1.82, 2.24) is 0 Å². The number of anilines is 1. The van der Waals surface area contributed by atoms with Crippen LogP contribution in [-0.4, -0.2) is 24.2 Å².